The van der Waals surface area contributed by atoms with E-state index in [1.54, 1.807) is 6.92 Å². The van der Waals surface area contributed by atoms with E-state index in [2.05, 4.69) is 0 Å². The first-order chi connectivity index (χ1) is 4.41. The Morgan fingerprint density at radius 2 is 1.82 bits per heavy atom. The number of halogens is 3. The molecule has 0 aromatic heterocycles. The first-order valence-electron chi connectivity index (χ1n) is 3.20. The van der Waals surface area contributed by atoms with Crippen LogP contribution in [0.4, 0.5) is 12.9 Å². The normalized spacial score (nSPS) is 21.8. The van der Waals surface area contributed by atoms with Gasteiger partial charge in [0.15, 0.2) is 0 Å². The van der Waals surface area contributed by atoms with Gasteiger partial charge in [-0.25, -0.2) is 0 Å². The van der Waals surface area contributed by atoms with Crippen LogP contribution in [0.25, 0.3) is 0 Å². The first kappa shape index (κ1) is 12.5. The van der Waals surface area contributed by atoms with E-state index >= 15 is 0 Å². The van der Waals surface area contributed by atoms with Crippen molar-refractivity contribution in [2.75, 3.05) is 13.2 Å². The third-order valence-corrected chi connectivity index (χ3v) is 1.63. The van der Waals surface area contributed by atoms with Crippen molar-refractivity contribution >= 4 is 6.98 Å². The van der Waals surface area contributed by atoms with Gasteiger partial charge >= 0.3 is 58.4 Å². The molecule has 0 unspecified atom stereocenters. The predicted molar refractivity (Wildman–Crippen MR) is 32.8 cm³/mol. The van der Waals surface area contributed by atoms with Crippen LogP contribution in [0.1, 0.15) is 6.92 Å². The molecule has 11 heavy (non-hydrogen) atoms. The van der Waals surface area contributed by atoms with E-state index in [1.165, 1.54) is 0 Å². The predicted octanol–water partition coefficient (Wildman–Crippen LogP) is -1.13. The van der Waals surface area contributed by atoms with Crippen LogP contribution in [0.15, 0.2) is 0 Å². The van der Waals surface area contributed by atoms with Crippen molar-refractivity contribution in [3.8, 4) is 0 Å². The molecule has 0 bridgehead atoms. The summed E-state index contributed by atoms with van der Waals surface area (Å²) in [5.41, 5.74) is -0.613. The second kappa shape index (κ2) is 4.11. The average Bonchev–Trinajstić information content (AvgIpc) is 1.57. The second-order valence-corrected chi connectivity index (χ2v) is 3.22. The molecule has 0 spiro atoms. The van der Waals surface area contributed by atoms with Crippen molar-refractivity contribution in [3.63, 3.8) is 0 Å². The second-order valence-electron chi connectivity index (χ2n) is 3.22. The van der Waals surface area contributed by atoms with Gasteiger partial charge in [-0.3, -0.25) is 0 Å². The van der Waals surface area contributed by atoms with Crippen molar-refractivity contribution in [2.45, 2.75) is 13.2 Å². The molecule has 60 valence electrons. The largest absolute Gasteiger partial charge is 1.00 e. The molecule has 0 N–H and O–H groups in total. The number of hydrogen-bond acceptors (Lipinski definition) is 1. The van der Waals surface area contributed by atoms with Crippen molar-refractivity contribution in [1.29, 1.82) is 0 Å². The molecule has 0 aliphatic carbocycles. The van der Waals surface area contributed by atoms with E-state index in [0.717, 1.165) is 0 Å². The van der Waals surface area contributed by atoms with Crippen LogP contribution < -0.4 is 51.4 Å². The minimum absolute atomic E-state index is 0. The molecule has 0 amide bonds. The molecule has 1 fully saturated rings. The number of ether oxygens (including phenoxy) is 1. The molecule has 0 atom stereocenters. The third kappa shape index (κ3) is 4.28. The fraction of sp³-hybridized carbons (Fsp3) is 1.00. The van der Waals surface area contributed by atoms with E-state index in [4.69, 9.17) is 4.74 Å². The van der Waals surface area contributed by atoms with Crippen molar-refractivity contribution in [3.05, 3.63) is 0 Å². The minimum atomic E-state index is -4.63. The van der Waals surface area contributed by atoms with Gasteiger partial charge < -0.3 is 17.7 Å². The third-order valence-electron chi connectivity index (χ3n) is 1.63. The summed E-state index contributed by atoms with van der Waals surface area (Å²) < 4.78 is 40.0. The van der Waals surface area contributed by atoms with E-state index in [9.17, 15) is 12.9 Å². The van der Waals surface area contributed by atoms with Gasteiger partial charge in [-0.15, -0.1) is 0 Å². The zero-order chi connectivity index (χ0) is 7.83. The van der Waals surface area contributed by atoms with Gasteiger partial charge in [0.2, 0.25) is 0 Å². The van der Waals surface area contributed by atoms with E-state index < -0.39 is 18.7 Å². The standard InChI is InChI=1S/C5H9BF3O.K/c1-5(3-10-4-5)2-6(7,8)9;/h2-4H2,1H3;/q-1;+1. The SMILES string of the molecule is CC1(C[B-](F)(F)F)COC1.[K+]. The van der Waals surface area contributed by atoms with E-state index in [1.807, 2.05) is 0 Å². The molecule has 1 aliphatic rings. The maximum absolute atomic E-state index is 11.8. The van der Waals surface area contributed by atoms with Crippen LogP contribution in [-0.4, -0.2) is 20.2 Å². The van der Waals surface area contributed by atoms with Gasteiger partial charge in [-0.1, -0.05) is 13.2 Å². The maximum Gasteiger partial charge on any atom is 1.00 e. The van der Waals surface area contributed by atoms with Crippen LogP contribution in [-0.2, 0) is 4.74 Å². The van der Waals surface area contributed by atoms with Crippen LogP contribution in [0.3, 0.4) is 0 Å². The molecule has 0 saturated carbocycles. The van der Waals surface area contributed by atoms with Crippen LogP contribution >= 0.6 is 0 Å². The van der Waals surface area contributed by atoms with Gasteiger partial charge in [0.1, 0.15) is 0 Å². The quantitative estimate of drug-likeness (QED) is 0.503. The van der Waals surface area contributed by atoms with E-state index in [0.29, 0.717) is 0 Å². The number of hydrogen-bond donors (Lipinski definition) is 0. The van der Waals surface area contributed by atoms with Gasteiger partial charge in [-0.2, -0.15) is 0 Å². The van der Waals surface area contributed by atoms with Gasteiger partial charge in [0.05, 0.1) is 13.2 Å². The molecular weight excluding hydrogens is 183 g/mol. The van der Waals surface area contributed by atoms with Crippen LogP contribution in [0.5, 0.6) is 0 Å². The molecule has 0 radical (unpaired) electrons. The summed E-state index contributed by atoms with van der Waals surface area (Å²) in [5.74, 6) is 0. The zero-order valence-electron chi connectivity index (χ0n) is 6.74. The Balaban J connectivity index is 0.000001000. The van der Waals surface area contributed by atoms with Gasteiger partial charge in [-0.05, 0) is 5.41 Å². The smallest absolute Gasteiger partial charge is 0.449 e. The van der Waals surface area contributed by atoms with Crippen molar-refractivity contribution < 1.29 is 69.1 Å². The average molecular weight is 192 g/mol. The molecule has 1 nitrogen and oxygen atoms in total. The molecule has 0 aromatic rings. The van der Waals surface area contributed by atoms with Gasteiger partial charge in [0.25, 0.3) is 0 Å². The zero-order valence-corrected chi connectivity index (χ0v) is 9.86. The summed E-state index contributed by atoms with van der Waals surface area (Å²) in [6.45, 7) is -2.51. The first-order valence-corrected chi connectivity index (χ1v) is 3.20. The molecule has 1 heterocycles. The molecule has 6 heteroatoms. The summed E-state index contributed by atoms with van der Waals surface area (Å²) >= 11 is 0. The topological polar surface area (TPSA) is 9.23 Å². The Hall–Kier alpha value is 1.45. The fourth-order valence-electron chi connectivity index (χ4n) is 1.13. The fourth-order valence-corrected chi connectivity index (χ4v) is 1.13. The van der Waals surface area contributed by atoms with Crippen LogP contribution in [0, 0.1) is 5.41 Å². The van der Waals surface area contributed by atoms with E-state index in [-0.39, 0.29) is 64.6 Å². The number of rotatable bonds is 2. The Labute approximate surface area is 107 Å². The Kier molecular flexibility index (Phi) is 4.65. The van der Waals surface area contributed by atoms with Gasteiger partial charge in [0, 0.05) is 0 Å². The molecule has 1 aliphatic heterocycles. The Bertz CT molecular complexity index is 134. The van der Waals surface area contributed by atoms with Crippen molar-refractivity contribution in [1.82, 2.24) is 0 Å². The summed E-state index contributed by atoms with van der Waals surface area (Å²) in [6, 6.07) is 0. The Morgan fingerprint density at radius 3 is 1.91 bits per heavy atom. The van der Waals surface area contributed by atoms with Crippen molar-refractivity contribution in [2.24, 2.45) is 5.41 Å². The molecular formula is C5H9BF3KO. The maximum atomic E-state index is 11.8. The summed E-state index contributed by atoms with van der Waals surface area (Å²) in [5, 5.41) is 0. The molecule has 1 saturated heterocycles. The molecule has 0 aromatic carbocycles. The summed E-state index contributed by atoms with van der Waals surface area (Å²) in [6.07, 6.45) is -0.660. The van der Waals surface area contributed by atoms with Crippen LogP contribution in [0.2, 0.25) is 6.32 Å². The summed E-state index contributed by atoms with van der Waals surface area (Å²) in [7, 11) is 0. The minimum Gasteiger partial charge on any atom is -0.449 e. The molecule has 1 rings (SSSR count). The Morgan fingerprint density at radius 1 is 1.36 bits per heavy atom. The summed E-state index contributed by atoms with van der Waals surface area (Å²) in [4.78, 5) is 0. The monoisotopic (exact) mass is 192 g/mol.